The van der Waals surface area contributed by atoms with Crippen LogP contribution in [0.15, 0.2) is 0 Å². The molecule has 0 aromatic rings. The minimum absolute atomic E-state index is 0. The van der Waals surface area contributed by atoms with Crippen LogP contribution in [-0.4, -0.2) is 25.5 Å². The van der Waals surface area contributed by atoms with E-state index in [2.05, 4.69) is 10.1 Å². The van der Waals surface area contributed by atoms with E-state index in [0.717, 1.165) is 0 Å². The monoisotopic (exact) mass is 181 g/mol. The minimum Gasteiger partial charge on any atom is -0.392 e. The number of hydrogen-bond acceptors (Lipinski definition) is 4. The molecule has 4 nitrogen and oxygen atoms in total. The maximum Gasteiger partial charge on any atom is 0.327 e. The van der Waals surface area contributed by atoms with Gasteiger partial charge >= 0.3 is 11.9 Å². The lowest BCUT2D eigenvalue weighted by Crippen LogP contribution is -2.23. The summed E-state index contributed by atoms with van der Waals surface area (Å²) in [5, 5.41) is 2.57. The third-order valence-electron chi connectivity index (χ3n) is 0.837. The molecular formula is C6H12ClNO3. The van der Waals surface area contributed by atoms with E-state index in [1.165, 1.54) is 0 Å². The molecule has 0 aliphatic heterocycles. The Morgan fingerprint density at radius 1 is 1.36 bits per heavy atom. The summed E-state index contributed by atoms with van der Waals surface area (Å²) in [6, 6.07) is 0. The number of carbonyl (C=O) groups is 2. The van der Waals surface area contributed by atoms with Crippen molar-refractivity contribution in [2.75, 3.05) is 13.6 Å². The second kappa shape index (κ2) is 7.50. The maximum absolute atomic E-state index is 10.5. The highest BCUT2D eigenvalue weighted by Crippen LogP contribution is 1.83. The lowest BCUT2D eigenvalue weighted by molar-refractivity contribution is -0.158. The molecule has 0 fully saturated rings. The van der Waals surface area contributed by atoms with E-state index >= 15 is 0 Å². The molecule has 0 saturated heterocycles. The first-order chi connectivity index (χ1) is 4.70. The molecule has 0 radical (unpaired) electrons. The van der Waals surface area contributed by atoms with Crippen molar-refractivity contribution < 1.29 is 14.3 Å². The lowest BCUT2D eigenvalue weighted by atomic mass is 10.5. The summed E-state index contributed by atoms with van der Waals surface area (Å²) in [6.45, 7) is 1.71. The van der Waals surface area contributed by atoms with Crippen molar-refractivity contribution in [2.45, 2.75) is 13.3 Å². The standard InChI is InChI=1S/C6H11NO3.ClH/c1-3-5(8)10-6(9)4-7-2;/h7H,3-4H2,1-2H3;1H. The molecule has 0 atom stereocenters. The molecule has 11 heavy (non-hydrogen) atoms. The Balaban J connectivity index is 0. The predicted molar refractivity (Wildman–Crippen MR) is 42.6 cm³/mol. The molecule has 66 valence electrons. The highest BCUT2D eigenvalue weighted by atomic mass is 35.5. The molecule has 0 amide bonds. The number of nitrogens with one attached hydrogen (secondary N) is 1. The normalized spacial score (nSPS) is 8.18. The maximum atomic E-state index is 10.5. The second-order valence-corrected chi connectivity index (χ2v) is 1.73. The van der Waals surface area contributed by atoms with Gasteiger partial charge in [0, 0.05) is 6.42 Å². The molecule has 0 bridgehead atoms. The zero-order chi connectivity index (χ0) is 7.98. The van der Waals surface area contributed by atoms with E-state index < -0.39 is 11.9 Å². The summed E-state index contributed by atoms with van der Waals surface area (Å²) in [6.07, 6.45) is 0.232. The Morgan fingerprint density at radius 2 is 1.91 bits per heavy atom. The molecule has 1 N–H and O–H groups in total. The molecule has 0 rings (SSSR count). The van der Waals surface area contributed by atoms with Crippen LogP contribution >= 0.6 is 12.4 Å². The Labute approximate surface area is 71.7 Å². The van der Waals surface area contributed by atoms with Crippen LogP contribution in [0.4, 0.5) is 0 Å². The summed E-state index contributed by atoms with van der Waals surface area (Å²) in [5.74, 6) is -1.02. The lowest BCUT2D eigenvalue weighted by Gasteiger charge is -1.98. The molecule has 0 aliphatic rings. The first-order valence-corrected chi connectivity index (χ1v) is 3.08. The van der Waals surface area contributed by atoms with Gasteiger partial charge in [0.1, 0.15) is 0 Å². The number of hydrogen-bond donors (Lipinski definition) is 1. The van der Waals surface area contributed by atoms with Gasteiger partial charge in [0.2, 0.25) is 0 Å². The summed E-state index contributed by atoms with van der Waals surface area (Å²) >= 11 is 0. The minimum atomic E-state index is -0.533. The third-order valence-corrected chi connectivity index (χ3v) is 0.837. The zero-order valence-corrected chi connectivity index (χ0v) is 7.36. The fraction of sp³-hybridized carbons (Fsp3) is 0.667. The molecule has 0 aromatic heterocycles. The fourth-order valence-electron chi connectivity index (χ4n) is 0.380. The number of esters is 2. The van der Waals surface area contributed by atoms with Gasteiger partial charge in [0.25, 0.3) is 0 Å². The number of carbonyl (C=O) groups excluding carboxylic acids is 2. The molecule has 0 aromatic carbocycles. The van der Waals surface area contributed by atoms with Gasteiger partial charge in [-0.25, -0.2) is 0 Å². The van der Waals surface area contributed by atoms with Crippen LogP contribution < -0.4 is 5.32 Å². The number of likely N-dealkylation sites (N-methyl/N-ethyl adjacent to an activating group) is 1. The van der Waals surface area contributed by atoms with Crippen molar-refractivity contribution in [2.24, 2.45) is 0 Å². The van der Waals surface area contributed by atoms with Crippen LogP contribution in [-0.2, 0) is 14.3 Å². The van der Waals surface area contributed by atoms with E-state index in [0.29, 0.717) is 0 Å². The smallest absolute Gasteiger partial charge is 0.327 e. The van der Waals surface area contributed by atoms with E-state index in [1.54, 1.807) is 14.0 Å². The number of halogens is 1. The van der Waals surface area contributed by atoms with Crippen LogP contribution in [0.25, 0.3) is 0 Å². The van der Waals surface area contributed by atoms with Crippen molar-refractivity contribution in [3.05, 3.63) is 0 Å². The summed E-state index contributed by atoms with van der Waals surface area (Å²) in [5.41, 5.74) is 0. The largest absolute Gasteiger partial charge is 0.392 e. The van der Waals surface area contributed by atoms with Crippen molar-refractivity contribution in [1.82, 2.24) is 5.32 Å². The topological polar surface area (TPSA) is 55.4 Å². The summed E-state index contributed by atoms with van der Waals surface area (Å²) < 4.78 is 4.30. The highest BCUT2D eigenvalue weighted by Gasteiger charge is 2.05. The van der Waals surface area contributed by atoms with Gasteiger partial charge in [-0.05, 0) is 7.05 Å². The molecule has 5 heteroatoms. The van der Waals surface area contributed by atoms with Crippen molar-refractivity contribution in [3.8, 4) is 0 Å². The zero-order valence-electron chi connectivity index (χ0n) is 6.55. The van der Waals surface area contributed by atoms with E-state index in [4.69, 9.17) is 0 Å². The first kappa shape index (κ1) is 13.0. The van der Waals surface area contributed by atoms with E-state index in [9.17, 15) is 9.59 Å². The van der Waals surface area contributed by atoms with E-state index in [-0.39, 0.29) is 25.4 Å². The number of ether oxygens (including phenoxy) is 1. The van der Waals surface area contributed by atoms with Gasteiger partial charge in [-0.2, -0.15) is 0 Å². The van der Waals surface area contributed by atoms with Gasteiger partial charge in [0.15, 0.2) is 0 Å². The SMILES string of the molecule is CCC(=O)OC(=O)CNC.Cl. The average molecular weight is 182 g/mol. The Hall–Kier alpha value is -0.610. The molecule has 0 heterocycles. The van der Waals surface area contributed by atoms with Crippen LogP contribution in [0.2, 0.25) is 0 Å². The molecule has 0 unspecified atom stereocenters. The van der Waals surface area contributed by atoms with Crippen LogP contribution in [0, 0.1) is 0 Å². The fourth-order valence-corrected chi connectivity index (χ4v) is 0.380. The quantitative estimate of drug-likeness (QED) is 0.496. The average Bonchev–Trinajstić information content (AvgIpc) is 1.88. The Morgan fingerprint density at radius 3 is 2.27 bits per heavy atom. The Kier molecular flexibility index (Phi) is 8.87. The molecule has 0 aliphatic carbocycles. The first-order valence-electron chi connectivity index (χ1n) is 3.08. The van der Waals surface area contributed by atoms with Crippen LogP contribution in [0.5, 0.6) is 0 Å². The molecule has 0 spiro atoms. The van der Waals surface area contributed by atoms with Gasteiger partial charge in [-0.15, -0.1) is 12.4 Å². The number of rotatable bonds is 3. The van der Waals surface area contributed by atoms with E-state index in [1.807, 2.05) is 0 Å². The van der Waals surface area contributed by atoms with Crippen molar-refractivity contribution >= 4 is 24.3 Å². The van der Waals surface area contributed by atoms with Gasteiger partial charge in [-0.1, -0.05) is 6.92 Å². The van der Waals surface area contributed by atoms with Gasteiger partial charge in [0.05, 0.1) is 6.54 Å². The third kappa shape index (κ3) is 7.29. The molecule has 0 saturated carbocycles. The van der Waals surface area contributed by atoms with Crippen molar-refractivity contribution in [3.63, 3.8) is 0 Å². The Bertz CT molecular complexity index is 138. The second-order valence-electron chi connectivity index (χ2n) is 1.73. The highest BCUT2D eigenvalue weighted by molar-refractivity contribution is 5.86. The van der Waals surface area contributed by atoms with Gasteiger partial charge < -0.3 is 10.1 Å². The van der Waals surface area contributed by atoms with Crippen molar-refractivity contribution in [1.29, 1.82) is 0 Å². The summed E-state index contributed by atoms with van der Waals surface area (Å²) in [4.78, 5) is 20.9. The summed E-state index contributed by atoms with van der Waals surface area (Å²) in [7, 11) is 1.61. The van der Waals surface area contributed by atoms with Crippen LogP contribution in [0.3, 0.4) is 0 Å². The van der Waals surface area contributed by atoms with Gasteiger partial charge in [-0.3, -0.25) is 9.59 Å². The molecular weight excluding hydrogens is 170 g/mol. The predicted octanol–water partition coefficient (Wildman–Crippen LogP) is 0.107. The van der Waals surface area contributed by atoms with Crippen LogP contribution in [0.1, 0.15) is 13.3 Å².